The molecular formula is C18H25N3O2. The van der Waals surface area contributed by atoms with Crippen LogP contribution in [0.4, 0.5) is 5.69 Å². The van der Waals surface area contributed by atoms with Crippen molar-refractivity contribution in [3.8, 4) is 0 Å². The number of hydrogen-bond acceptors (Lipinski definition) is 3. The number of hydrogen-bond donors (Lipinski definition) is 1. The van der Waals surface area contributed by atoms with Crippen LogP contribution in [0.3, 0.4) is 0 Å². The number of imidazole rings is 1. The van der Waals surface area contributed by atoms with E-state index in [1.165, 1.54) is 0 Å². The Bertz CT molecular complexity index is 635. The highest BCUT2D eigenvalue weighted by Crippen LogP contribution is 2.16. The first-order chi connectivity index (χ1) is 11.1. The maximum absolute atomic E-state index is 11.9. The van der Waals surface area contributed by atoms with Gasteiger partial charge in [0, 0.05) is 50.7 Å². The van der Waals surface area contributed by atoms with Crippen molar-refractivity contribution >= 4 is 11.6 Å². The number of nitrogens with zero attached hydrogens (tertiary/aromatic N) is 2. The summed E-state index contributed by atoms with van der Waals surface area (Å²) in [7, 11) is 1.64. The molecule has 2 aromatic rings. The van der Waals surface area contributed by atoms with Crippen molar-refractivity contribution in [3.63, 3.8) is 0 Å². The molecule has 0 atom stereocenters. The third kappa shape index (κ3) is 5.21. The number of anilines is 1. The lowest BCUT2D eigenvalue weighted by Gasteiger charge is -2.12. The van der Waals surface area contributed by atoms with Crippen LogP contribution in [0.15, 0.2) is 36.7 Å². The molecule has 0 saturated heterocycles. The van der Waals surface area contributed by atoms with Crippen LogP contribution in [0.5, 0.6) is 0 Å². The minimum atomic E-state index is 0.0182. The van der Waals surface area contributed by atoms with Crippen LogP contribution in [0.25, 0.3) is 0 Å². The number of carbonyl (C=O) groups is 1. The minimum absolute atomic E-state index is 0.0182. The van der Waals surface area contributed by atoms with Crippen LogP contribution < -0.4 is 5.32 Å². The zero-order valence-electron chi connectivity index (χ0n) is 14.1. The van der Waals surface area contributed by atoms with Gasteiger partial charge in [-0.15, -0.1) is 0 Å². The Balaban J connectivity index is 1.99. The molecule has 1 N–H and O–H groups in total. The lowest BCUT2D eigenvalue weighted by atomic mass is 10.1. The second kappa shape index (κ2) is 8.48. The highest BCUT2D eigenvalue weighted by Gasteiger charge is 2.08. The van der Waals surface area contributed by atoms with Gasteiger partial charge < -0.3 is 14.6 Å². The second-order valence-electron chi connectivity index (χ2n) is 5.91. The summed E-state index contributed by atoms with van der Waals surface area (Å²) >= 11 is 0. The van der Waals surface area contributed by atoms with Gasteiger partial charge in [0.05, 0.1) is 0 Å². The molecule has 23 heavy (non-hydrogen) atoms. The monoisotopic (exact) mass is 315 g/mol. The number of ether oxygens (including phenoxy) is 1. The summed E-state index contributed by atoms with van der Waals surface area (Å²) in [5, 5.41) is 2.94. The molecule has 124 valence electrons. The standard InChI is InChI=1S/C18H25N3O2/c1-14(2)18-19-9-10-21(18)13-15-6-4-7-16(12-15)20-17(22)8-5-11-23-3/h4,6-7,9-10,12,14H,5,8,11,13H2,1-3H3,(H,20,22). The number of carbonyl (C=O) groups excluding carboxylic acids is 1. The van der Waals surface area contributed by atoms with Crippen LogP contribution in [-0.4, -0.2) is 29.2 Å². The van der Waals surface area contributed by atoms with Crippen molar-refractivity contribution in [1.82, 2.24) is 9.55 Å². The average molecular weight is 315 g/mol. The number of rotatable bonds is 8. The molecule has 0 spiro atoms. The lowest BCUT2D eigenvalue weighted by Crippen LogP contribution is -2.12. The Hall–Kier alpha value is -2.14. The SMILES string of the molecule is COCCCC(=O)Nc1cccc(Cn2ccnc2C(C)C)c1. The number of benzene rings is 1. The molecule has 0 aliphatic rings. The molecular weight excluding hydrogens is 290 g/mol. The van der Waals surface area contributed by atoms with Crippen molar-refractivity contribution < 1.29 is 9.53 Å². The molecule has 1 heterocycles. The fourth-order valence-corrected chi connectivity index (χ4v) is 2.50. The third-order valence-electron chi connectivity index (χ3n) is 3.58. The van der Waals surface area contributed by atoms with Gasteiger partial charge in [-0.3, -0.25) is 4.79 Å². The molecule has 0 aliphatic carbocycles. The fourth-order valence-electron chi connectivity index (χ4n) is 2.50. The molecule has 0 fully saturated rings. The first-order valence-corrected chi connectivity index (χ1v) is 7.99. The first kappa shape index (κ1) is 17.2. The van der Waals surface area contributed by atoms with Crippen LogP contribution in [0.1, 0.15) is 44.0 Å². The van der Waals surface area contributed by atoms with Crippen LogP contribution >= 0.6 is 0 Å². The summed E-state index contributed by atoms with van der Waals surface area (Å²) < 4.78 is 7.11. The summed E-state index contributed by atoms with van der Waals surface area (Å²) in [6, 6.07) is 7.95. The quantitative estimate of drug-likeness (QED) is 0.759. The molecule has 0 aliphatic heterocycles. The van der Waals surface area contributed by atoms with Crippen LogP contribution in [0, 0.1) is 0 Å². The predicted molar refractivity (Wildman–Crippen MR) is 91.6 cm³/mol. The van der Waals surface area contributed by atoms with E-state index in [9.17, 15) is 4.79 Å². The maximum atomic E-state index is 11.9. The van der Waals surface area contributed by atoms with Crippen molar-refractivity contribution in [2.45, 2.75) is 39.2 Å². The zero-order valence-corrected chi connectivity index (χ0v) is 14.1. The zero-order chi connectivity index (χ0) is 16.7. The van der Waals surface area contributed by atoms with E-state index in [0.717, 1.165) is 30.0 Å². The third-order valence-corrected chi connectivity index (χ3v) is 3.58. The molecule has 2 rings (SSSR count). The molecule has 0 bridgehead atoms. The highest BCUT2D eigenvalue weighted by molar-refractivity contribution is 5.90. The number of methoxy groups -OCH3 is 1. The summed E-state index contributed by atoms with van der Waals surface area (Å²) in [6.07, 6.45) is 5.02. The predicted octanol–water partition coefficient (Wildman–Crippen LogP) is 3.42. The second-order valence-corrected chi connectivity index (χ2v) is 5.91. The molecule has 5 nitrogen and oxygen atoms in total. The van der Waals surface area contributed by atoms with E-state index in [2.05, 4.69) is 34.8 Å². The smallest absolute Gasteiger partial charge is 0.224 e. The Morgan fingerprint density at radius 3 is 2.96 bits per heavy atom. The molecule has 5 heteroatoms. The van der Waals surface area contributed by atoms with E-state index in [-0.39, 0.29) is 5.91 Å². The van der Waals surface area contributed by atoms with Gasteiger partial charge in [-0.1, -0.05) is 26.0 Å². The topological polar surface area (TPSA) is 56.1 Å². The van der Waals surface area contributed by atoms with Crippen molar-refractivity contribution in [3.05, 3.63) is 48.0 Å². The molecule has 1 aromatic heterocycles. The molecule has 1 aromatic carbocycles. The van der Waals surface area contributed by atoms with Crippen molar-refractivity contribution in [2.75, 3.05) is 19.0 Å². The van der Waals surface area contributed by atoms with E-state index in [1.807, 2.05) is 30.6 Å². The van der Waals surface area contributed by atoms with Gasteiger partial charge in [-0.2, -0.15) is 0 Å². The van der Waals surface area contributed by atoms with E-state index >= 15 is 0 Å². The number of amides is 1. The Kier molecular flexibility index (Phi) is 6.35. The molecule has 1 amide bonds. The Labute approximate surface area is 137 Å². The number of aromatic nitrogens is 2. The van der Waals surface area contributed by atoms with Gasteiger partial charge in [0.15, 0.2) is 0 Å². The lowest BCUT2D eigenvalue weighted by molar-refractivity contribution is -0.116. The fraction of sp³-hybridized carbons (Fsp3) is 0.444. The first-order valence-electron chi connectivity index (χ1n) is 7.99. The van der Waals surface area contributed by atoms with Gasteiger partial charge in [0.1, 0.15) is 5.82 Å². The van der Waals surface area contributed by atoms with Gasteiger partial charge >= 0.3 is 0 Å². The van der Waals surface area contributed by atoms with Gasteiger partial charge in [-0.05, 0) is 24.1 Å². The van der Waals surface area contributed by atoms with Gasteiger partial charge in [0.25, 0.3) is 0 Å². The average Bonchev–Trinajstić information content (AvgIpc) is 2.96. The van der Waals surface area contributed by atoms with E-state index in [0.29, 0.717) is 18.9 Å². The molecule has 0 unspecified atom stereocenters. The largest absolute Gasteiger partial charge is 0.385 e. The van der Waals surface area contributed by atoms with E-state index in [4.69, 9.17) is 4.74 Å². The van der Waals surface area contributed by atoms with Crippen LogP contribution in [-0.2, 0) is 16.1 Å². The summed E-state index contributed by atoms with van der Waals surface area (Å²) in [5.41, 5.74) is 1.97. The summed E-state index contributed by atoms with van der Waals surface area (Å²) in [5.74, 6) is 1.47. The van der Waals surface area contributed by atoms with Gasteiger partial charge in [0.2, 0.25) is 5.91 Å². The summed E-state index contributed by atoms with van der Waals surface area (Å²) in [6.45, 7) is 5.62. The Morgan fingerprint density at radius 1 is 1.39 bits per heavy atom. The van der Waals surface area contributed by atoms with Crippen LogP contribution in [0.2, 0.25) is 0 Å². The molecule has 0 saturated carbocycles. The Morgan fingerprint density at radius 2 is 2.22 bits per heavy atom. The maximum Gasteiger partial charge on any atom is 0.224 e. The van der Waals surface area contributed by atoms with Crippen molar-refractivity contribution in [1.29, 1.82) is 0 Å². The number of nitrogens with one attached hydrogen (secondary N) is 1. The summed E-state index contributed by atoms with van der Waals surface area (Å²) in [4.78, 5) is 16.3. The van der Waals surface area contributed by atoms with Gasteiger partial charge in [-0.25, -0.2) is 4.98 Å². The normalized spacial score (nSPS) is 11.0. The van der Waals surface area contributed by atoms with Crippen molar-refractivity contribution in [2.24, 2.45) is 0 Å². The minimum Gasteiger partial charge on any atom is -0.385 e. The van der Waals surface area contributed by atoms with E-state index in [1.54, 1.807) is 7.11 Å². The molecule has 0 radical (unpaired) electrons. The highest BCUT2D eigenvalue weighted by atomic mass is 16.5. The van der Waals surface area contributed by atoms with E-state index < -0.39 is 0 Å².